The Morgan fingerprint density at radius 2 is 1.62 bits per heavy atom. The fraction of sp³-hybridized carbons (Fsp3) is 0.923. The Hall–Kier alpha value is -0.0800. The normalized spacial score (nSPS) is 20.0. The highest BCUT2D eigenvalue weighted by molar-refractivity contribution is 5.80. The zero-order valence-electron chi connectivity index (χ0n) is 11.1. The van der Waals surface area contributed by atoms with Crippen molar-refractivity contribution in [1.29, 1.82) is 0 Å². The number of quaternary nitrogens is 1. The standard InChI is InChI=1S/C13H26NO.ClH/c1-11(2)8-14(9-12(3)4)7-5-6-13(15)10-14;/h11-12H,5-10H2,1-4H3;1H/q+1;/p-1. The fourth-order valence-corrected chi connectivity index (χ4v) is 3.08. The van der Waals surface area contributed by atoms with Gasteiger partial charge in [-0.1, -0.05) is 27.7 Å². The molecule has 1 heterocycles. The van der Waals surface area contributed by atoms with Crippen LogP contribution in [-0.4, -0.2) is 36.4 Å². The van der Waals surface area contributed by atoms with Crippen LogP contribution in [0.2, 0.25) is 0 Å². The molecular formula is C13H26ClNO. The number of rotatable bonds is 4. The molecule has 0 saturated carbocycles. The van der Waals surface area contributed by atoms with E-state index in [9.17, 15) is 4.79 Å². The first-order valence-electron chi connectivity index (χ1n) is 6.30. The van der Waals surface area contributed by atoms with Crippen molar-refractivity contribution in [2.45, 2.75) is 40.5 Å². The zero-order chi connectivity index (χ0) is 11.5. The molecule has 0 atom stereocenters. The molecule has 1 rings (SSSR count). The molecule has 0 aliphatic carbocycles. The molecule has 1 aliphatic rings. The van der Waals surface area contributed by atoms with Gasteiger partial charge in [-0.25, -0.2) is 0 Å². The van der Waals surface area contributed by atoms with Crippen LogP contribution < -0.4 is 12.4 Å². The number of Topliss-reactive ketones (excluding diaryl/α,β-unsaturated/α-hetero) is 1. The van der Waals surface area contributed by atoms with Gasteiger partial charge in [0.25, 0.3) is 0 Å². The lowest BCUT2D eigenvalue weighted by atomic mass is 10.0. The van der Waals surface area contributed by atoms with E-state index in [1.807, 2.05) is 0 Å². The van der Waals surface area contributed by atoms with Gasteiger partial charge in [0.2, 0.25) is 0 Å². The molecule has 16 heavy (non-hydrogen) atoms. The molecule has 0 bridgehead atoms. The SMILES string of the molecule is CC(C)C[N+]1(CC(C)C)CCCC(=O)C1.[Cl-]. The monoisotopic (exact) mass is 247 g/mol. The molecule has 3 heteroatoms. The van der Waals surface area contributed by atoms with E-state index >= 15 is 0 Å². The highest BCUT2D eigenvalue weighted by atomic mass is 35.5. The quantitative estimate of drug-likeness (QED) is 0.612. The van der Waals surface area contributed by atoms with E-state index in [0.29, 0.717) is 17.6 Å². The number of carbonyl (C=O) groups excluding carboxylic acids is 1. The summed E-state index contributed by atoms with van der Waals surface area (Å²) in [4.78, 5) is 11.6. The summed E-state index contributed by atoms with van der Waals surface area (Å²) in [6.07, 6.45) is 1.91. The molecule has 96 valence electrons. The second-order valence-corrected chi connectivity index (χ2v) is 6.02. The average Bonchev–Trinajstić information content (AvgIpc) is 1.99. The van der Waals surface area contributed by atoms with Gasteiger partial charge in [-0.15, -0.1) is 0 Å². The van der Waals surface area contributed by atoms with Crippen LogP contribution in [0.4, 0.5) is 0 Å². The smallest absolute Gasteiger partial charge is 0.187 e. The van der Waals surface area contributed by atoms with Gasteiger partial charge in [-0.2, -0.15) is 0 Å². The van der Waals surface area contributed by atoms with Gasteiger partial charge >= 0.3 is 0 Å². The van der Waals surface area contributed by atoms with Gasteiger partial charge in [-0.3, -0.25) is 4.79 Å². The lowest BCUT2D eigenvalue weighted by Gasteiger charge is -2.43. The Kier molecular flexibility index (Phi) is 6.57. The molecule has 0 unspecified atom stereocenters. The van der Waals surface area contributed by atoms with Crippen molar-refractivity contribution in [1.82, 2.24) is 0 Å². The van der Waals surface area contributed by atoms with E-state index in [4.69, 9.17) is 0 Å². The van der Waals surface area contributed by atoms with Gasteiger partial charge in [-0.05, 0) is 0 Å². The number of ketones is 1. The van der Waals surface area contributed by atoms with Crippen LogP contribution in [-0.2, 0) is 4.79 Å². The molecule has 0 aromatic carbocycles. The number of halogens is 1. The van der Waals surface area contributed by atoms with E-state index in [1.54, 1.807) is 0 Å². The van der Waals surface area contributed by atoms with Crippen molar-refractivity contribution in [2.75, 3.05) is 26.2 Å². The van der Waals surface area contributed by atoms with Crippen molar-refractivity contribution in [3.8, 4) is 0 Å². The summed E-state index contributed by atoms with van der Waals surface area (Å²) >= 11 is 0. The number of nitrogens with zero attached hydrogens (tertiary/aromatic N) is 1. The Morgan fingerprint density at radius 1 is 1.12 bits per heavy atom. The van der Waals surface area contributed by atoms with Crippen LogP contribution in [0.15, 0.2) is 0 Å². The largest absolute Gasteiger partial charge is 1.00 e. The first-order chi connectivity index (χ1) is 6.93. The van der Waals surface area contributed by atoms with Gasteiger partial charge < -0.3 is 16.9 Å². The van der Waals surface area contributed by atoms with Gasteiger partial charge in [0.15, 0.2) is 5.78 Å². The first kappa shape index (κ1) is 15.9. The highest BCUT2D eigenvalue weighted by Crippen LogP contribution is 2.21. The lowest BCUT2D eigenvalue weighted by molar-refractivity contribution is -0.928. The van der Waals surface area contributed by atoms with Crippen molar-refractivity contribution >= 4 is 5.78 Å². The van der Waals surface area contributed by atoms with Gasteiger partial charge in [0.05, 0.1) is 19.6 Å². The molecule has 1 aliphatic heterocycles. The first-order valence-corrected chi connectivity index (χ1v) is 6.30. The zero-order valence-corrected chi connectivity index (χ0v) is 11.9. The molecule has 0 radical (unpaired) electrons. The number of hydrogen-bond acceptors (Lipinski definition) is 1. The lowest BCUT2D eigenvalue weighted by Crippen LogP contribution is -3.00. The molecule has 0 spiro atoms. The Balaban J connectivity index is 0.00000225. The van der Waals surface area contributed by atoms with Crippen molar-refractivity contribution in [2.24, 2.45) is 11.8 Å². The van der Waals surface area contributed by atoms with Crippen molar-refractivity contribution < 1.29 is 21.7 Å². The molecule has 0 aromatic heterocycles. The van der Waals surface area contributed by atoms with E-state index in [0.717, 1.165) is 23.9 Å². The molecule has 2 nitrogen and oxygen atoms in total. The third kappa shape index (κ3) is 4.84. The van der Waals surface area contributed by atoms with E-state index < -0.39 is 0 Å². The fourth-order valence-electron chi connectivity index (χ4n) is 3.08. The summed E-state index contributed by atoms with van der Waals surface area (Å²) in [6, 6.07) is 0. The summed E-state index contributed by atoms with van der Waals surface area (Å²) in [5.41, 5.74) is 0. The summed E-state index contributed by atoms with van der Waals surface area (Å²) in [5.74, 6) is 1.85. The number of piperidine rings is 1. The van der Waals surface area contributed by atoms with Crippen molar-refractivity contribution in [3.63, 3.8) is 0 Å². The predicted octanol–water partition coefficient (Wildman–Crippen LogP) is -0.518. The Bertz CT molecular complexity index is 216. The molecule has 0 aromatic rings. The number of carbonyl (C=O) groups is 1. The minimum absolute atomic E-state index is 0. The molecule has 1 saturated heterocycles. The second kappa shape index (κ2) is 6.61. The molecule has 1 fully saturated rings. The van der Waals surface area contributed by atoms with Crippen LogP contribution >= 0.6 is 0 Å². The third-order valence-electron chi connectivity index (χ3n) is 3.10. The minimum Gasteiger partial charge on any atom is -1.00 e. The molecular weight excluding hydrogens is 222 g/mol. The highest BCUT2D eigenvalue weighted by Gasteiger charge is 2.35. The molecule has 0 amide bonds. The predicted molar refractivity (Wildman–Crippen MR) is 63.6 cm³/mol. The summed E-state index contributed by atoms with van der Waals surface area (Å²) in [7, 11) is 0. The number of likely N-dealkylation sites (tertiary alicyclic amines) is 1. The van der Waals surface area contributed by atoms with E-state index in [1.165, 1.54) is 19.6 Å². The topological polar surface area (TPSA) is 17.1 Å². The van der Waals surface area contributed by atoms with Gasteiger partial charge in [0, 0.05) is 24.7 Å². The summed E-state index contributed by atoms with van der Waals surface area (Å²) in [6.45, 7) is 13.4. The van der Waals surface area contributed by atoms with Crippen LogP contribution in [0.25, 0.3) is 0 Å². The van der Waals surface area contributed by atoms with Crippen LogP contribution in [0.3, 0.4) is 0 Å². The third-order valence-corrected chi connectivity index (χ3v) is 3.10. The minimum atomic E-state index is 0. The van der Waals surface area contributed by atoms with Crippen LogP contribution in [0.5, 0.6) is 0 Å². The second-order valence-electron chi connectivity index (χ2n) is 6.02. The van der Waals surface area contributed by atoms with Crippen LogP contribution in [0.1, 0.15) is 40.5 Å². The van der Waals surface area contributed by atoms with Gasteiger partial charge in [0.1, 0.15) is 6.54 Å². The Labute approximate surface area is 106 Å². The number of hydrogen-bond donors (Lipinski definition) is 0. The summed E-state index contributed by atoms with van der Waals surface area (Å²) < 4.78 is 1.05. The van der Waals surface area contributed by atoms with E-state index in [-0.39, 0.29) is 12.4 Å². The maximum atomic E-state index is 11.6. The molecule has 0 N–H and O–H groups in total. The Morgan fingerprint density at radius 3 is 2.00 bits per heavy atom. The maximum absolute atomic E-state index is 11.6. The van der Waals surface area contributed by atoms with Crippen LogP contribution in [0, 0.1) is 11.8 Å². The average molecular weight is 248 g/mol. The van der Waals surface area contributed by atoms with Crippen molar-refractivity contribution in [3.05, 3.63) is 0 Å². The maximum Gasteiger partial charge on any atom is 0.187 e. The summed E-state index contributed by atoms with van der Waals surface area (Å²) in [5, 5.41) is 0. The van der Waals surface area contributed by atoms with E-state index in [2.05, 4.69) is 27.7 Å².